The molecule has 0 saturated heterocycles. The van der Waals surface area contributed by atoms with Gasteiger partial charge in [0.15, 0.2) is 0 Å². The SMILES string of the molecule is CCCOc1ccc(CNC)c(OCC(C)C(N)=O)c1. The molecule has 112 valence electrons. The van der Waals surface area contributed by atoms with Crippen LogP contribution < -0.4 is 20.5 Å². The number of hydrogen-bond donors (Lipinski definition) is 2. The molecule has 1 atom stereocenters. The van der Waals surface area contributed by atoms with Crippen LogP contribution in [-0.4, -0.2) is 26.2 Å². The maximum atomic E-state index is 11.0. The van der Waals surface area contributed by atoms with Crippen LogP contribution in [0.5, 0.6) is 11.5 Å². The molecule has 1 aromatic rings. The van der Waals surface area contributed by atoms with Crippen LogP contribution in [0, 0.1) is 5.92 Å². The first-order valence-corrected chi connectivity index (χ1v) is 6.90. The van der Waals surface area contributed by atoms with E-state index >= 15 is 0 Å². The third-order valence-electron chi connectivity index (χ3n) is 2.85. The van der Waals surface area contributed by atoms with E-state index in [0.29, 0.717) is 13.2 Å². The van der Waals surface area contributed by atoms with Crippen molar-refractivity contribution in [1.29, 1.82) is 0 Å². The van der Waals surface area contributed by atoms with E-state index < -0.39 is 0 Å². The molecule has 0 aromatic heterocycles. The molecule has 0 aliphatic heterocycles. The summed E-state index contributed by atoms with van der Waals surface area (Å²) in [5, 5.41) is 3.08. The Labute approximate surface area is 120 Å². The van der Waals surface area contributed by atoms with E-state index in [-0.39, 0.29) is 18.4 Å². The molecule has 5 nitrogen and oxygen atoms in total. The lowest BCUT2D eigenvalue weighted by Crippen LogP contribution is -2.26. The molecule has 0 radical (unpaired) electrons. The molecule has 0 spiro atoms. The lowest BCUT2D eigenvalue weighted by atomic mass is 10.1. The highest BCUT2D eigenvalue weighted by Gasteiger charge is 2.12. The molecule has 3 N–H and O–H groups in total. The van der Waals surface area contributed by atoms with Gasteiger partial charge in [-0.15, -0.1) is 0 Å². The van der Waals surface area contributed by atoms with Gasteiger partial charge in [0, 0.05) is 18.2 Å². The Morgan fingerprint density at radius 2 is 2.15 bits per heavy atom. The summed E-state index contributed by atoms with van der Waals surface area (Å²) >= 11 is 0. The minimum atomic E-state index is -0.362. The van der Waals surface area contributed by atoms with Gasteiger partial charge in [0.05, 0.1) is 19.1 Å². The minimum Gasteiger partial charge on any atom is -0.493 e. The number of ether oxygens (including phenoxy) is 2. The van der Waals surface area contributed by atoms with Gasteiger partial charge in [-0.05, 0) is 19.5 Å². The molecule has 0 aliphatic carbocycles. The first kappa shape index (κ1) is 16.3. The van der Waals surface area contributed by atoms with Crippen LogP contribution >= 0.6 is 0 Å². The summed E-state index contributed by atoms with van der Waals surface area (Å²) in [7, 11) is 1.87. The van der Waals surface area contributed by atoms with E-state index in [2.05, 4.69) is 12.2 Å². The Kier molecular flexibility index (Phi) is 6.87. The average Bonchev–Trinajstić information content (AvgIpc) is 2.44. The van der Waals surface area contributed by atoms with Gasteiger partial charge < -0.3 is 20.5 Å². The first-order chi connectivity index (χ1) is 9.58. The van der Waals surface area contributed by atoms with Crippen molar-refractivity contribution in [2.45, 2.75) is 26.8 Å². The largest absolute Gasteiger partial charge is 0.493 e. The van der Waals surface area contributed by atoms with Crippen molar-refractivity contribution in [1.82, 2.24) is 5.32 Å². The molecule has 1 amide bonds. The predicted molar refractivity (Wildman–Crippen MR) is 78.8 cm³/mol. The second kappa shape index (κ2) is 8.43. The molecule has 1 unspecified atom stereocenters. The number of rotatable bonds is 9. The fraction of sp³-hybridized carbons (Fsp3) is 0.533. The van der Waals surface area contributed by atoms with Gasteiger partial charge in [0.1, 0.15) is 11.5 Å². The number of benzene rings is 1. The third kappa shape index (κ3) is 5.09. The maximum Gasteiger partial charge on any atom is 0.223 e. The highest BCUT2D eigenvalue weighted by Crippen LogP contribution is 2.25. The van der Waals surface area contributed by atoms with Gasteiger partial charge in [-0.25, -0.2) is 0 Å². The quantitative estimate of drug-likeness (QED) is 0.722. The van der Waals surface area contributed by atoms with Crippen molar-refractivity contribution < 1.29 is 14.3 Å². The molecular weight excluding hydrogens is 256 g/mol. The molecule has 0 saturated carbocycles. The van der Waals surface area contributed by atoms with Gasteiger partial charge in [-0.1, -0.05) is 19.9 Å². The number of carbonyl (C=O) groups excluding carboxylic acids is 1. The monoisotopic (exact) mass is 280 g/mol. The van der Waals surface area contributed by atoms with Crippen molar-refractivity contribution >= 4 is 5.91 Å². The van der Waals surface area contributed by atoms with E-state index in [1.54, 1.807) is 6.92 Å². The maximum absolute atomic E-state index is 11.0. The fourth-order valence-electron chi connectivity index (χ4n) is 1.61. The van der Waals surface area contributed by atoms with Crippen molar-refractivity contribution in [2.24, 2.45) is 11.7 Å². The third-order valence-corrected chi connectivity index (χ3v) is 2.85. The molecule has 5 heteroatoms. The molecule has 0 heterocycles. The highest BCUT2D eigenvalue weighted by molar-refractivity contribution is 5.76. The summed E-state index contributed by atoms with van der Waals surface area (Å²) in [6.07, 6.45) is 0.952. The van der Waals surface area contributed by atoms with Crippen molar-refractivity contribution in [3.63, 3.8) is 0 Å². The van der Waals surface area contributed by atoms with Crippen LogP contribution in [0.2, 0.25) is 0 Å². The van der Waals surface area contributed by atoms with Gasteiger partial charge in [-0.2, -0.15) is 0 Å². The molecular formula is C15H24N2O3. The molecule has 20 heavy (non-hydrogen) atoms. The second-order valence-corrected chi connectivity index (χ2v) is 4.76. The number of primary amides is 1. The summed E-state index contributed by atoms with van der Waals surface area (Å²) in [4.78, 5) is 11.0. The van der Waals surface area contributed by atoms with Crippen LogP contribution in [0.25, 0.3) is 0 Å². The summed E-state index contributed by atoms with van der Waals surface area (Å²) in [5.41, 5.74) is 6.26. The Morgan fingerprint density at radius 1 is 1.40 bits per heavy atom. The Balaban J connectivity index is 2.79. The van der Waals surface area contributed by atoms with Crippen LogP contribution in [0.3, 0.4) is 0 Å². The zero-order chi connectivity index (χ0) is 15.0. The van der Waals surface area contributed by atoms with E-state index in [1.807, 2.05) is 25.2 Å². The van der Waals surface area contributed by atoms with Crippen LogP contribution in [-0.2, 0) is 11.3 Å². The van der Waals surface area contributed by atoms with Crippen LogP contribution in [0.15, 0.2) is 18.2 Å². The molecule has 0 bridgehead atoms. The molecule has 0 aliphatic rings. The summed E-state index contributed by atoms with van der Waals surface area (Å²) < 4.78 is 11.3. The molecule has 1 aromatic carbocycles. The first-order valence-electron chi connectivity index (χ1n) is 6.90. The molecule has 1 rings (SSSR count). The van der Waals surface area contributed by atoms with Crippen molar-refractivity contribution in [3.05, 3.63) is 23.8 Å². The second-order valence-electron chi connectivity index (χ2n) is 4.76. The lowest BCUT2D eigenvalue weighted by molar-refractivity contribution is -0.122. The average molecular weight is 280 g/mol. The number of amides is 1. The summed E-state index contributed by atoms with van der Waals surface area (Å²) in [5.74, 6) is 0.811. The Hall–Kier alpha value is -1.75. The minimum absolute atomic E-state index is 0.267. The highest BCUT2D eigenvalue weighted by atomic mass is 16.5. The van der Waals surface area contributed by atoms with Crippen molar-refractivity contribution in [2.75, 3.05) is 20.3 Å². The summed E-state index contributed by atoms with van der Waals surface area (Å²) in [6.45, 7) is 5.43. The Morgan fingerprint density at radius 3 is 2.75 bits per heavy atom. The lowest BCUT2D eigenvalue weighted by Gasteiger charge is -2.15. The van der Waals surface area contributed by atoms with E-state index in [0.717, 1.165) is 23.5 Å². The zero-order valence-corrected chi connectivity index (χ0v) is 12.4. The number of nitrogens with one attached hydrogen (secondary N) is 1. The van der Waals surface area contributed by atoms with Crippen molar-refractivity contribution in [3.8, 4) is 11.5 Å². The molecule has 0 fully saturated rings. The van der Waals surface area contributed by atoms with Gasteiger partial charge in [0.25, 0.3) is 0 Å². The van der Waals surface area contributed by atoms with Crippen LogP contribution in [0.1, 0.15) is 25.8 Å². The van der Waals surface area contributed by atoms with Crippen LogP contribution in [0.4, 0.5) is 0 Å². The topological polar surface area (TPSA) is 73.6 Å². The number of carbonyl (C=O) groups is 1. The standard InChI is InChI=1S/C15H24N2O3/c1-4-7-19-13-6-5-12(9-17-3)14(8-13)20-10-11(2)15(16)18/h5-6,8,11,17H,4,7,9-10H2,1-3H3,(H2,16,18). The number of hydrogen-bond acceptors (Lipinski definition) is 4. The van der Waals surface area contributed by atoms with E-state index in [4.69, 9.17) is 15.2 Å². The smallest absolute Gasteiger partial charge is 0.223 e. The van der Waals surface area contributed by atoms with Gasteiger partial charge in [-0.3, -0.25) is 4.79 Å². The summed E-state index contributed by atoms with van der Waals surface area (Å²) in [6, 6.07) is 5.74. The Bertz CT molecular complexity index is 435. The van der Waals surface area contributed by atoms with Gasteiger partial charge in [0.2, 0.25) is 5.91 Å². The van der Waals surface area contributed by atoms with Gasteiger partial charge >= 0.3 is 0 Å². The van der Waals surface area contributed by atoms with E-state index in [1.165, 1.54) is 0 Å². The predicted octanol–water partition coefficient (Wildman–Crippen LogP) is 1.69. The zero-order valence-electron chi connectivity index (χ0n) is 12.4. The fourth-order valence-corrected chi connectivity index (χ4v) is 1.61. The normalized spacial score (nSPS) is 11.9. The van der Waals surface area contributed by atoms with E-state index in [9.17, 15) is 4.79 Å². The number of nitrogens with two attached hydrogens (primary N) is 1.